The van der Waals surface area contributed by atoms with Gasteiger partial charge in [-0.15, -0.1) is 0 Å². The maximum Gasteiger partial charge on any atom is 0.343 e. The van der Waals surface area contributed by atoms with Gasteiger partial charge < -0.3 is 4.74 Å². The second-order valence-corrected chi connectivity index (χ2v) is 3.53. The highest BCUT2D eigenvalue weighted by Gasteiger charge is 2.06. The van der Waals surface area contributed by atoms with Crippen LogP contribution >= 0.6 is 0 Å². The maximum atomic E-state index is 11.7. The Morgan fingerprint density at radius 2 is 1.65 bits per heavy atom. The Labute approximate surface area is 100 Å². The summed E-state index contributed by atoms with van der Waals surface area (Å²) < 4.78 is 5.23. The van der Waals surface area contributed by atoms with E-state index in [-0.39, 0.29) is 5.97 Å². The zero-order valence-corrected chi connectivity index (χ0v) is 9.30. The number of hydrogen-bond acceptors (Lipinski definition) is 2. The van der Waals surface area contributed by atoms with Crippen molar-refractivity contribution in [2.45, 2.75) is 0 Å². The van der Waals surface area contributed by atoms with E-state index in [1.807, 2.05) is 18.2 Å². The van der Waals surface area contributed by atoms with Crippen molar-refractivity contribution in [3.8, 4) is 5.75 Å². The van der Waals surface area contributed by atoms with Crippen molar-refractivity contribution in [1.29, 1.82) is 0 Å². The summed E-state index contributed by atoms with van der Waals surface area (Å²) >= 11 is 0. The fourth-order valence-electron chi connectivity index (χ4n) is 1.41. The van der Waals surface area contributed by atoms with Crippen molar-refractivity contribution in [3.05, 3.63) is 72.3 Å². The van der Waals surface area contributed by atoms with Gasteiger partial charge in [-0.3, -0.25) is 0 Å². The Morgan fingerprint density at radius 1 is 1.00 bits per heavy atom. The first kappa shape index (κ1) is 11.1. The van der Waals surface area contributed by atoms with Crippen LogP contribution in [0.2, 0.25) is 0 Å². The number of ether oxygens (including phenoxy) is 1. The molecular formula is C15H12O2. The van der Waals surface area contributed by atoms with Gasteiger partial charge in [-0.1, -0.05) is 43.0 Å². The van der Waals surface area contributed by atoms with Crippen LogP contribution in [0.25, 0.3) is 6.08 Å². The quantitative estimate of drug-likeness (QED) is 0.588. The summed E-state index contributed by atoms with van der Waals surface area (Å²) in [6, 6.07) is 16.1. The fourth-order valence-corrected chi connectivity index (χ4v) is 1.41. The molecule has 0 amide bonds. The second-order valence-electron chi connectivity index (χ2n) is 3.53. The number of benzene rings is 2. The monoisotopic (exact) mass is 224 g/mol. The Hall–Kier alpha value is -2.35. The Morgan fingerprint density at radius 3 is 2.24 bits per heavy atom. The van der Waals surface area contributed by atoms with Crippen LogP contribution in [0.5, 0.6) is 5.75 Å². The van der Waals surface area contributed by atoms with E-state index in [2.05, 4.69) is 6.58 Å². The molecule has 0 unspecified atom stereocenters. The van der Waals surface area contributed by atoms with E-state index >= 15 is 0 Å². The topological polar surface area (TPSA) is 26.3 Å². The molecule has 0 atom stereocenters. The maximum absolute atomic E-state index is 11.7. The summed E-state index contributed by atoms with van der Waals surface area (Å²) in [7, 11) is 0. The van der Waals surface area contributed by atoms with Crippen LogP contribution in [0.4, 0.5) is 0 Å². The van der Waals surface area contributed by atoms with Crippen molar-refractivity contribution in [2.24, 2.45) is 0 Å². The predicted molar refractivity (Wildman–Crippen MR) is 67.9 cm³/mol. The van der Waals surface area contributed by atoms with Gasteiger partial charge in [-0.2, -0.15) is 0 Å². The van der Waals surface area contributed by atoms with E-state index < -0.39 is 0 Å². The normalized spacial score (nSPS) is 9.65. The number of hydrogen-bond donors (Lipinski definition) is 0. The number of rotatable bonds is 3. The third-order valence-corrected chi connectivity index (χ3v) is 2.34. The molecule has 2 heteroatoms. The first-order valence-electron chi connectivity index (χ1n) is 5.29. The highest BCUT2D eigenvalue weighted by atomic mass is 16.5. The van der Waals surface area contributed by atoms with Gasteiger partial charge in [0, 0.05) is 0 Å². The number of carbonyl (C=O) groups is 1. The van der Waals surface area contributed by atoms with E-state index in [0.717, 1.165) is 5.56 Å². The first-order chi connectivity index (χ1) is 8.29. The van der Waals surface area contributed by atoms with E-state index in [4.69, 9.17) is 4.74 Å². The zero-order chi connectivity index (χ0) is 12.1. The summed E-state index contributed by atoms with van der Waals surface area (Å²) in [6.45, 7) is 3.66. The molecule has 2 aromatic carbocycles. The molecule has 2 nitrogen and oxygen atoms in total. The average Bonchev–Trinajstić information content (AvgIpc) is 2.40. The van der Waals surface area contributed by atoms with Crippen molar-refractivity contribution in [2.75, 3.05) is 0 Å². The van der Waals surface area contributed by atoms with Gasteiger partial charge >= 0.3 is 5.97 Å². The average molecular weight is 224 g/mol. The van der Waals surface area contributed by atoms with Crippen LogP contribution in [0.15, 0.2) is 61.2 Å². The molecule has 0 spiro atoms. The third kappa shape index (κ3) is 2.82. The minimum atomic E-state index is -0.350. The smallest absolute Gasteiger partial charge is 0.343 e. The molecule has 0 aliphatic heterocycles. The lowest BCUT2D eigenvalue weighted by Gasteiger charge is -2.04. The van der Waals surface area contributed by atoms with Gasteiger partial charge in [0.15, 0.2) is 0 Å². The van der Waals surface area contributed by atoms with Crippen molar-refractivity contribution in [3.63, 3.8) is 0 Å². The molecule has 0 bridgehead atoms. The van der Waals surface area contributed by atoms with Crippen molar-refractivity contribution < 1.29 is 9.53 Å². The Kier molecular flexibility index (Phi) is 3.36. The lowest BCUT2D eigenvalue weighted by molar-refractivity contribution is 0.0735. The summed E-state index contributed by atoms with van der Waals surface area (Å²) in [4.78, 5) is 11.7. The lowest BCUT2D eigenvalue weighted by atomic mass is 10.2. The second kappa shape index (κ2) is 5.12. The largest absolute Gasteiger partial charge is 0.423 e. The molecule has 0 N–H and O–H groups in total. The molecular weight excluding hydrogens is 212 g/mol. The van der Waals surface area contributed by atoms with Gasteiger partial charge in [0.1, 0.15) is 5.75 Å². The summed E-state index contributed by atoms with van der Waals surface area (Å²) in [5.41, 5.74) is 1.53. The Bertz CT molecular complexity index is 512. The molecule has 2 aromatic rings. The zero-order valence-electron chi connectivity index (χ0n) is 9.30. The molecule has 0 aliphatic rings. The molecule has 0 aliphatic carbocycles. The SMILES string of the molecule is C=Cc1ccc(OC(=O)c2ccccc2)cc1. The minimum Gasteiger partial charge on any atom is -0.423 e. The van der Waals surface area contributed by atoms with Crippen LogP contribution in [0.3, 0.4) is 0 Å². The summed E-state index contributed by atoms with van der Waals surface area (Å²) in [5.74, 6) is 0.182. The van der Waals surface area contributed by atoms with Crippen LogP contribution < -0.4 is 4.74 Å². The summed E-state index contributed by atoms with van der Waals surface area (Å²) in [5, 5.41) is 0. The van der Waals surface area contributed by atoms with E-state index in [1.165, 1.54) is 0 Å². The lowest BCUT2D eigenvalue weighted by Crippen LogP contribution is -2.07. The first-order valence-corrected chi connectivity index (χ1v) is 5.29. The highest BCUT2D eigenvalue weighted by molar-refractivity contribution is 5.90. The van der Waals surface area contributed by atoms with E-state index in [0.29, 0.717) is 11.3 Å². The molecule has 0 heterocycles. The molecule has 0 fully saturated rings. The van der Waals surface area contributed by atoms with Crippen LogP contribution in [0.1, 0.15) is 15.9 Å². The molecule has 0 aromatic heterocycles. The Balaban J connectivity index is 2.10. The number of carbonyl (C=O) groups excluding carboxylic acids is 1. The van der Waals surface area contributed by atoms with E-state index in [1.54, 1.807) is 42.5 Å². The van der Waals surface area contributed by atoms with E-state index in [9.17, 15) is 4.79 Å². The van der Waals surface area contributed by atoms with Gasteiger partial charge in [0.2, 0.25) is 0 Å². The molecule has 84 valence electrons. The number of esters is 1. The van der Waals surface area contributed by atoms with Gasteiger partial charge in [0.05, 0.1) is 5.56 Å². The molecule has 0 saturated carbocycles. The van der Waals surface area contributed by atoms with Crippen molar-refractivity contribution >= 4 is 12.0 Å². The fraction of sp³-hybridized carbons (Fsp3) is 0. The van der Waals surface area contributed by atoms with Crippen LogP contribution in [-0.4, -0.2) is 5.97 Å². The van der Waals surface area contributed by atoms with Crippen LogP contribution in [0, 0.1) is 0 Å². The van der Waals surface area contributed by atoms with Crippen molar-refractivity contribution in [1.82, 2.24) is 0 Å². The minimum absolute atomic E-state index is 0.350. The standard InChI is InChI=1S/C15H12O2/c1-2-12-8-10-14(11-9-12)17-15(16)13-6-4-3-5-7-13/h2-11H,1H2. The highest BCUT2D eigenvalue weighted by Crippen LogP contribution is 2.14. The summed E-state index contributed by atoms with van der Waals surface area (Å²) in [6.07, 6.45) is 1.74. The predicted octanol–water partition coefficient (Wildman–Crippen LogP) is 3.55. The van der Waals surface area contributed by atoms with Crippen LogP contribution in [-0.2, 0) is 0 Å². The molecule has 2 rings (SSSR count). The molecule has 0 saturated heterocycles. The molecule has 17 heavy (non-hydrogen) atoms. The van der Waals surface area contributed by atoms with Gasteiger partial charge in [-0.25, -0.2) is 4.79 Å². The van der Waals surface area contributed by atoms with Gasteiger partial charge in [0.25, 0.3) is 0 Å². The molecule has 0 radical (unpaired) electrons. The third-order valence-electron chi connectivity index (χ3n) is 2.34. The van der Waals surface area contributed by atoms with Gasteiger partial charge in [-0.05, 0) is 29.8 Å².